The lowest BCUT2D eigenvalue weighted by Gasteiger charge is -2.43. The molecule has 1 fully saturated rings. The zero-order valence-electron chi connectivity index (χ0n) is 7.73. The predicted molar refractivity (Wildman–Crippen MR) is 50.4 cm³/mol. The minimum Gasteiger partial charge on any atom is -0.385 e. The van der Waals surface area contributed by atoms with Crippen LogP contribution in [0.25, 0.3) is 0 Å². The van der Waals surface area contributed by atoms with Gasteiger partial charge >= 0.3 is 0 Å². The van der Waals surface area contributed by atoms with Crippen molar-refractivity contribution in [1.29, 1.82) is 0 Å². The monoisotopic (exact) mass is 178 g/mol. The van der Waals surface area contributed by atoms with E-state index >= 15 is 0 Å². The van der Waals surface area contributed by atoms with Gasteiger partial charge in [0.2, 0.25) is 0 Å². The zero-order chi connectivity index (χ0) is 9.31. The van der Waals surface area contributed by atoms with Gasteiger partial charge in [0.05, 0.1) is 11.7 Å². The molecule has 2 rings (SSSR count). The molecule has 1 N–H and O–H groups in total. The lowest BCUT2D eigenvalue weighted by molar-refractivity contribution is -0.133. The summed E-state index contributed by atoms with van der Waals surface area (Å²) in [6.07, 6.45) is 1.66. The molecule has 70 valence electrons. The van der Waals surface area contributed by atoms with Gasteiger partial charge < -0.3 is 9.84 Å². The van der Waals surface area contributed by atoms with Crippen molar-refractivity contribution >= 4 is 0 Å². The molecule has 0 bridgehead atoms. The van der Waals surface area contributed by atoms with Crippen molar-refractivity contribution in [1.82, 2.24) is 0 Å². The van der Waals surface area contributed by atoms with Gasteiger partial charge in [0, 0.05) is 20.0 Å². The van der Waals surface area contributed by atoms with Crippen LogP contribution in [0.15, 0.2) is 30.3 Å². The smallest absolute Gasteiger partial charge is 0.0945 e. The third-order valence-electron chi connectivity index (χ3n) is 2.78. The van der Waals surface area contributed by atoms with E-state index in [0.717, 1.165) is 5.56 Å². The Morgan fingerprint density at radius 3 is 2.46 bits per heavy atom. The van der Waals surface area contributed by atoms with Crippen molar-refractivity contribution in [2.45, 2.75) is 24.5 Å². The van der Waals surface area contributed by atoms with Gasteiger partial charge in [0.15, 0.2) is 0 Å². The maximum absolute atomic E-state index is 10.1. The van der Waals surface area contributed by atoms with E-state index in [0.29, 0.717) is 12.8 Å². The number of ether oxygens (including phenoxy) is 1. The lowest BCUT2D eigenvalue weighted by atomic mass is 9.73. The van der Waals surface area contributed by atoms with E-state index < -0.39 is 5.60 Å². The molecule has 1 aliphatic rings. The van der Waals surface area contributed by atoms with E-state index in [1.54, 1.807) is 7.11 Å². The molecule has 0 atom stereocenters. The second kappa shape index (κ2) is 3.13. The van der Waals surface area contributed by atoms with E-state index in [2.05, 4.69) is 0 Å². The molecule has 2 nitrogen and oxygen atoms in total. The fourth-order valence-electron chi connectivity index (χ4n) is 1.84. The van der Waals surface area contributed by atoms with E-state index in [9.17, 15) is 5.11 Å². The first-order chi connectivity index (χ1) is 6.24. The normalized spacial score (nSPS) is 32.6. The topological polar surface area (TPSA) is 29.5 Å². The number of hydrogen-bond acceptors (Lipinski definition) is 2. The van der Waals surface area contributed by atoms with Crippen LogP contribution < -0.4 is 0 Å². The van der Waals surface area contributed by atoms with Gasteiger partial charge in [-0.25, -0.2) is 0 Å². The Labute approximate surface area is 78.2 Å². The van der Waals surface area contributed by atoms with Crippen LogP contribution in [0, 0.1) is 0 Å². The van der Waals surface area contributed by atoms with Crippen molar-refractivity contribution in [2.24, 2.45) is 0 Å². The molecule has 0 unspecified atom stereocenters. The average molecular weight is 178 g/mol. The van der Waals surface area contributed by atoms with E-state index in [4.69, 9.17) is 4.74 Å². The van der Waals surface area contributed by atoms with Crippen molar-refractivity contribution < 1.29 is 9.84 Å². The third-order valence-corrected chi connectivity index (χ3v) is 2.78. The molecule has 0 spiro atoms. The molecule has 0 radical (unpaired) electrons. The molecule has 0 aromatic heterocycles. The Morgan fingerprint density at radius 2 is 1.92 bits per heavy atom. The molecule has 13 heavy (non-hydrogen) atoms. The Morgan fingerprint density at radius 1 is 1.31 bits per heavy atom. The van der Waals surface area contributed by atoms with Gasteiger partial charge in [-0.15, -0.1) is 0 Å². The summed E-state index contributed by atoms with van der Waals surface area (Å²) >= 11 is 0. The predicted octanol–water partition coefficient (Wildman–Crippen LogP) is 1.68. The van der Waals surface area contributed by atoms with Gasteiger partial charge in [-0.05, 0) is 5.56 Å². The number of rotatable bonds is 2. The summed E-state index contributed by atoms with van der Waals surface area (Å²) in [5.41, 5.74) is 0.366. The van der Waals surface area contributed by atoms with Crippen LogP contribution >= 0.6 is 0 Å². The van der Waals surface area contributed by atoms with Crippen LogP contribution in [-0.4, -0.2) is 18.3 Å². The van der Waals surface area contributed by atoms with Crippen LogP contribution in [0.1, 0.15) is 18.4 Å². The molecular weight excluding hydrogens is 164 g/mol. The van der Waals surface area contributed by atoms with Gasteiger partial charge in [-0.2, -0.15) is 0 Å². The summed E-state index contributed by atoms with van der Waals surface area (Å²) in [6, 6.07) is 9.79. The summed E-state index contributed by atoms with van der Waals surface area (Å²) in [4.78, 5) is 0. The minimum atomic E-state index is -0.637. The highest BCUT2D eigenvalue weighted by molar-refractivity contribution is 5.25. The molecule has 0 amide bonds. The second-order valence-corrected chi connectivity index (χ2v) is 3.66. The minimum absolute atomic E-state index is 0.227. The summed E-state index contributed by atoms with van der Waals surface area (Å²) in [5, 5.41) is 10.1. The molecule has 0 aliphatic heterocycles. The van der Waals surface area contributed by atoms with Gasteiger partial charge in [-0.3, -0.25) is 0 Å². The Kier molecular flexibility index (Phi) is 2.10. The highest BCUT2D eigenvalue weighted by Crippen LogP contribution is 2.42. The second-order valence-electron chi connectivity index (χ2n) is 3.66. The quantitative estimate of drug-likeness (QED) is 0.746. The first-order valence-electron chi connectivity index (χ1n) is 4.55. The number of benzene rings is 1. The molecule has 0 saturated heterocycles. The third kappa shape index (κ3) is 1.47. The van der Waals surface area contributed by atoms with Crippen LogP contribution in [0.4, 0.5) is 0 Å². The summed E-state index contributed by atoms with van der Waals surface area (Å²) in [6.45, 7) is 0. The molecule has 1 aromatic carbocycles. The SMILES string of the molecule is COC1CC(O)(c2ccccc2)C1. The van der Waals surface area contributed by atoms with Crippen LogP contribution in [0.3, 0.4) is 0 Å². The molecule has 0 heterocycles. The van der Waals surface area contributed by atoms with Crippen LogP contribution in [0.2, 0.25) is 0 Å². The van der Waals surface area contributed by atoms with E-state index in [-0.39, 0.29) is 6.10 Å². The van der Waals surface area contributed by atoms with Crippen molar-refractivity contribution in [3.05, 3.63) is 35.9 Å². The Hall–Kier alpha value is -0.860. The molecule has 1 aromatic rings. The highest BCUT2D eigenvalue weighted by Gasteiger charge is 2.43. The van der Waals surface area contributed by atoms with Crippen molar-refractivity contribution in [3.63, 3.8) is 0 Å². The van der Waals surface area contributed by atoms with E-state index in [1.165, 1.54) is 0 Å². The maximum atomic E-state index is 10.1. The van der Waals surface area contributed by atoms with Gasteiger partial charge in [-0.1, -0.05) is 30.3 Å². The molecule has 2 heteroatoms. The highest BCUT2D eigenvalue weighted by atomic mass is 16.5. The lowest BCUT2D eigenvalue weighted by Crippen LogP contribution is -2.45. The Bertz CT molecular complexity index is 275. The largest absolute Gasteiger partial charge is 0.385 e. The zero-order valence-corrected chi connectivity index (χ0v) is 7.73. The summed E-state index contributed by atoms with van der Waals surface area (Å²) < 4.78 is 5.14. The first kappa shape index (κ1) is 8.73. The molecular formula is C11H14O2. The average Bonchev–Trinajstić information content (AvgIpc) is 2.14. The van der Waals surface area contributed by atoms with Crippen molar-refractivity contribution in [2.75, 3.05) is 7.11 Å². The number of hydrogen-bond donors (Lipinski definition) is 1. The Balaban J connectivity index is 2.11. The van der Waals surface area contributed by atoms with Crippen LogP contribution in [0.5, 0.6) is 0 Å². The fraction of sp³-hybridized carbons (Fsp3) is 0.455. The van der Waals surface area contributed by atoms with Gasteiger partial charge in [0.25, 0.3) is 0 Å². The summed E-state index contributed by atoms with van der Waals surface area (Å²) in [7, 11) is 1.69. The summed E-state index contributed by atoms with van der Waals surface area (Å²) in [5.74, 6) is 0. The fourth-order valence-corrected chi connectivity index (χ4v) is 1.84. The van der Waals surface area contributed by atoms with Crippen molar-refractivity contribution in [3.8, 4) is 0 Å². The van der Waals surface area contributed by atoms with Crippen LogP contribution in [-0.2, 0) is 10.3 Å². The molecule has 1 aliphatic carbocycles. The molecule has 1 saturated carbocycles. The standard InChI is InChI=1S/C11H14O2/c1-13-10-7-11(12,8-10)9-5-3-2-4-6-9/h2-6,10,12H,7-8H2,1H3. The van der Waals surface area contributed by atoms with Gasteiger partial charge in [0.1, 0.15) is 0 Å². The maximum Gasteiger partial charge on any atom is 0.0945 e. The first-order valence-corrected chi connectivity index (χ1v) is 4.55. The number of aliphatic hydroxyl groups is 1. The van der Waals surface area contributed by atoms with E-state index in [1.807, 2.05) is 30.3 Å². The number of methoxy groups -OCH3 is 1.